The second-order valence-corrected chi connectivity index (χ2v) is 8.64. The first-order chi connectivity index (χ1) is 14.5. The average Bonchev–Trinajstić information content (AvgIpc) is 3.29. The van der Waals surface area contributed by atoms with Crippen molar-refractivity contribution >= 4 is 56.5 Å². The lowest BCUT2D eigenvalue weighted by Crippen LogP contribution is -2.32. The molecule has 0 saturated carbocycles. The van der Waals surface area contributed by atoms with Crippen LogP contribution in [0.2, 0.25) is 5.02 Å². The van der Waals surface area contributed by atoms with Crippen LogP contribution in [0.1, 0.15) is 5.76 Å². The molecule has 30 heavy (non-hydrogen) atoms. The van der Waals surface area contributed by atoms with E-state index in [1.54, 1.807) is 36.4 Å². The number of hydrogen-bond acceptors (Lipinski definition) is 5. The molecule has 8 heteroatoms. The van der Waals surface area contributed by atoms with Crippen LogP contribution in [0.4, 0.5) is 4.79 Å². The van der Waals surface area contributed by atoms with Crippen molar-refractivity contribution < 1.29 is 18.7 Å². The fourth-order valence-corrected chi connectivity index (χ4v) is 4.29. The third kappa shape index (κ3) is 4.64. The Bertz CT molecular complexity index is 1140. The molecule has 1 aliphatic rings. The highest BCUT2D eigenvalue weighted by Crippen LogP contribution is 2.33. The van der Waals surface area contributed by atoms with Gasteiger partial charge in [-0.3, -0.25) is 14.5 Å². The summed E-state index contributed by atoms with van der Waals surface area (Å²) < 4.78 is 12.4. The highest BCUT2D eigenvalue weighted by atomic mass is 79.9. The Morgan fingerprint density at radius 1 is 1.10 bits per heavy atom. The highest BCUT2D eigenvalue weighted by Gasteiger charge is 2.35. The fraction of sp³-hybridized carbons (Fsp3) is 0.0909. The molecule has 2 aromatic carbocycles. The predicted molar refractivity (Wildman–Crippen MR) is 121 cm³/mol. The Kier molecular flexibility index (Phi) is 6.32. The molecular weight excluding hydrogens is 490 g/mol. The summed E-state index contributed by atoms with van der Waals surface area (Å²) >= 11 is 10.4. The first-order valence-electron chi connectivity index (χ1n) is 9.00. The maximum atomic E-state index is 12.6. The number of benzene rings is 2. The van der Waals surface area contributed by atoms with Crippen molar-refractivity contribution in [3.05, 3.63) is 80.8 Å². The highest BCUT2D eigenvalue weighted by molar-refractivity contribution is 9.10. The SMILES string of the molecule is O=C1S/C(=C\c2ccc(-c3cccc(Br)c3)o2)C(=O)N1CCOc1ccccc1Cl. The third-order valence-corrected chi connectivity index (χ3v) is 6.00. The zero-order chi connectivity index (χ0) is 21.1. The average molecular weight is 505 g/mol. The van der Waals surface area contributed by atoms with Crippen LogP contribution in [0.5, 0.6) is 5.75 Å². The molecule has 2 amide bonds. The Balaban J connectivity index is 1.42. The summed E-state index contributed by atoms with van der Waals surface area (Å²) in [6.45, 7) is 0.289. The quantitative estimate of drug-likeness (QED) is 0.360. The molecule has 0 bridgehead atoms. The normalized spacial score (nSPS) is 15.3. The molecule has 0 atom stereocenters. The number of hydrogen-bond donors (Lipinski definition) is 0. The van der Waals surface area contributed by atoms with Crippen LogP contribution < -0.4 is 4.74 Å². The Morgan fingerprint density at radius 2 is 1.93 bits per heavy atom. The van der Waals surface area contributed by atoms with Crippen LogP contribution in [0.15, 0.2) is 74.5 Å². The summed E-state index contributed by atoms with van der Waals surface area (Å²) in [7, 11) is 0. The number of nitrogens with zero attached hydrogens (tertiary/aromatic N) is 1. The Morgan fingerprint density at radius 3 is 2.73 bits per heavy atom. The van der Waals surface area contributed by atoms with Crippen molar-refractivity contribution in [1.29, 1.82) is 0 Å². The number of rotatable bonds is 6. The van der Waals surface area contributed by atoms with Crippen molar-refractivity contribution in [2.45, 2.75) is 0 Å². The van der Waals surface area contributed by atoms with Gasteiger partial charge in [-0.1, -0.05) is 51.8 Å². The molecule has 152 valence electrons. The monoisotopic (exact) mass is 503 g/mol. The number of carbonyl (C=O) groups excluding carboxylic acids is 2. The summed E-state index contributed by atoms with van der Waals surface area (Å²) in [5.74, 6) is 1.32. The van der Waals surface area contributed by atoms with Gasteiger partial charge in [0.2, 0.25) is 0 Å². The van der Waals surface area contributed by atoms with Gasteiger partial charge in [0.1, 0.15) is 23.9 Å². The summed E-state index contributed by atoms with van der Waals surface area (Å²) in [5, 5.41) is 0.137. The first kappa shape index (κ1) is 20.8. The summed E-state index contributed by atoms with van der Waals surface area (Å²) in [5.41, 5.74) is 0.911. The van der Waals surface area contributed by atoms with Crippen LogP contribution >= 0.6 is 39.3 Å². The van der Waals surface area contributed by atoms with Gasteiger partial charge in [0.25, 0.3) is 11.1 Å². The van der Waals surface area contributed by atoms with Gasteiger partial charge in [-0.15, -0.1) is 0 Å². The summed E-state index contributed by atoms with van der Waals surface area (Å²) in [6, 6.07) is 18.4. The van der Waals surface area contributed by atoms with E-state index in [-0.39, 0.29) is 24.3 Å². The molecule has 0 radical (unpaired) electrons. The van der Waals surface area contributed by atoms with E-state index in [0.29, 0.717) is 27.2 Å². The van der Waals surface area contributed by atoms with Crippen molar-refractivity contribution in [1.82, 2.24) is 4.90 Å². The zero-order valence-corrected chi connectivity index (χ0v) is 18.7. The molecule has 2 heterocycles. The molecular formula is C22H15BrClNO4S. The minimum atomic E-state index is -0.367. The van der Waals surface area contributed by atoms with E-state index in [9.17, 15) is 9.59 Å². The summed E-state index contributed by atoms with van der Waals surface area (Å²) in [4.78, 5) is 26.4. The molecule has 0 unspecified atom stereocenters. The molecule has 0 N–H and O–H groups in total. The lowest BCUT2D eigenvalue weighted by atomic mass is 10.2. The second kappa shape index (κ2) is 9.12. The van der Waals surface area contributed by atoms with E-state index in [4.69, 9.17) is 20.8 Å². The molecule has 0 spiro atoms. The van der Waals surface area contributed by atoms with Crippen LogP contribution in [-0.2, 0) is 4.79 Å². The van der Waals surface area contributed by atoms with Gasteiger partial charge in [0.15, 0.2) is 0 Å². The zero-order valence-electron chi connectivity index (χ0n) is 15.5. The van der Waals surface area contributed by atoms with Gasteiger partial charge >= 0.3 is 0 Å². The van der Waals surface area contributed by atoms with Crippen molar-refractivity contribution in [2.75, 3.05) is 13.2 Å². The van der Waals surface area contributed by atoms with Crippen LogP contribution in [0.3, 0.4) is 0 Å². The third-order valence-electron chi connectivity index (χ3n) is 4.29. The second-order valence-electron chi connectivity index (χ2n) is 6.32. The number of thioether (sulfide) groups is 1. The van der Waals surface area contributed by atoms with Gasteiger partial charge in [0, 0.05) is 16.1 Å². The van der Waals surface area contributed by atoms with Gasteiger partial charge in [-0.05, 0) is 48.2 Å². The molecule has 1 saturated heterocycles. The number of amides is 2. The lowest BCUT2D eigenvalue weighted by molar-refractivity contribution is -0.123. The number of ether oxygens (including phenoxy) is 1. The minimum Gasteiger partial charge on any atom is -0.490 e. The van der Waals surface area contributed by atoms with Crippen LogP contribution in [0, 0.1) is 0 Å². The first-order valence-corrected chi connectivity index (χ1v) is 11.0. The smallest absolute Gasteiger partial charge is 0.293 e. The molecule has 3 aromatic rings. The van der Waals surface area contributed by atoms with Crippen LogP contribution in [0.25, 0.3) is 17.4 Å². The number of carbonyl (C=O) groups is 2. The van der Waals surface area contributed by atoms with Crippen LogP contribution in [-0.4, -0.2) is 29.2 Å². The van der Waals surface area contributed by atoms with Crippen molar-refractivity contribution in [3.63, 3.8) is 0 Å². The lowest BCUT2D eigenvalue weighted by Gasteiger charge is -2.13. The van der Waals surface area contributed by atoms with E-state index < -0.39 is 0 Å². The van der Waals surface area contributed by atoms with Crippen molar-refractivity contribution in [3.8, 4) is 17.1 Å². The van der Waals surface area contributed by atoms with Gasteiger partial charge in [-0.25, -0.2) is 0 Å². The van der Waals surface area contributed by atoms with Crippen molar-refractivity contribution in [2.24, 2.45) is 0 Å². The summed E-state index contributed by atoms with van der Waals surface area (Å²) in [6.07, 6.45) is 1.58. The van der Waals surface area contributed by atoms with E-state index in [0.717, 1.165) is 26.7 Å². The molecule has 4 rings (SSSR count). The van der Waals surface area contributed by atoms with E-state index in [2.05, 4.69) is 15.9 Å². The maximum Gasteiger partial charge on any atom is 0.293 e. The van der Waals surface area contributed by atoms with E-state index in [1.165, 1.54) is 0 Å². The maximum absolute atomic E-state index is 12.6. The number of imide groups is 1. The molecule has 1 fully saturated rings. The molecule has 0 aliphatic carbocycles. The molecule has 1 aliphatic heterocycles. The van der Waals surface area contributed by atoms with Gasteiger partial charge < -0.3 is 9.15 Å². The largest absolute Gasteiger partial charge is 0.490 e. The number of furan rings is 1. The molecule has 1 aromatic heterocycles. The standard InChI is InChI=1S/C22H15BrClNO4S/c23-15-5-3-4-14(12-15)18-9-8-16(29-18)13-20-21(26)25(22(27)30-20)10-11-28-19-7-2-1-6-17(19)24/h1-9,12-13H,10-11H2/b20-13-. The number of para-hydroxylation sites is 1. The fourth-order valence-electron chi connectivity index (χ4n) is 2.86. The number of halogens is 2. The topological polar surface area (TPSA) is 59.8 Å². The van der Waals surface area contributed by atoms with Gasteiger partial charge in [-0.2, -0.15) is 0 Å². The Hall–Kier alpha value is -2.48. The molecule has 5 nitrogen and oxygen atoms in total. The predicted octanol–water partition coefficient (Wildman–Crippen LogP) is 6.48. The Labute approximate surface area is 190 Å². The van der Waals surface area contributed by atoms with E-state index >= 15 is 0 Å². The van der Waals surface area contributed by atoms with E-state index in [1.807, 2.05) is 30.3 Å². The van der Waals surface area contributed by atoms with Gasteiger partial charge in [0.05, 0.1) is 16.5 Å². The minimum absolute atomic E-state index is 0.134.